The minimum absolute atomic E-state index is 0.0991. The molecule has 0 N–H and O–H groups in total. The van der Waals surface area contributed by atoms with Crippen molar-refractivity contribution in [3.8, 4) is 0 Å². The maximum absolute atomic E-state index is 13.7. The largest absolute Gasteiger partial charge is 0.456 e. The molecule has 0 radical (unpaired) electrons. The van der Waals surface area contributed by atoms with Gasteiger partial charge in [0.25, 0.3) is 5.91 Å². The fourth-order valence-corrected chi connectivity index (χ4v) is 4.40. The molecule has 2 aliphatic rings. The number of rotatable bonds is 3. The molecular weight excluding hydrogens is 323 g/mol. The average molecular weight is 348 g/mol. The van der Waals surface area contributed by atoms with Crippen molar-refractivity contribution in [1.82, 2.24) is 4.90 Å². The minimum atomic E-state index is -0.442. The number of likely N-dealkylation sites (tertiary alicyclic amines) is 1. The number of nitrogens with zero attached hydrogens (tertiary/aromatic N) is 2. The van der Waals surface area contributed by atoms with Crippen molar-refractivity contribution in [2.75, 3.05) is 24.6 Å². The summed E-state index contributed by atoms with van der Waals surface area (Å²) in [4.78, 5) is 27.2. The SMILES string of the molecule is CC(=O)OCC(=O)N1CC[C@H]2[C@@H](C1)CC(C)(C)N2c1cccc(F)c1. The molecule has 2 aliphatic heterocycles. The van der Waals surface area contributed by atoms with Gasteiger partial charge in [-0.1, -0.05) is 6.07 Å². The zero-order valence-electron chi connectivity index (χ0n) is 15.0. The summed E-state index contributed by atoms with van der Waals surface area (Å²) in [6.45, 7) is 6.73. The van der Waals surface area contributed by atoms with Crippen LogP contribution in [0.2, 0.25) is 0 Å². The molecule has 0 aromatic heterocycles. The number of fused-ring (bicyclic) bond motifs is 1. The van der Waals surface area contributed by atoms with Gasteiger partial charge in [-0.05, 0) is 50.8 Å². The summed E-state index contributed by atoms with van der Waals surface area (Å²) in [7, 11) is 0. The lowest BCUT2D eigenvalue weighted by molar-refractivity contribution is -0.151. The minimum Gasteiger partial charge on any atom is -0.456 e. The number of hydrogen-bond donors (Lipinski definition) is 0. The third kappa shape index (κ3) is 3.62. The van der Waals surface area contributed by atoms with Crippen molar-refractivity contribution in [1.29, 1.82) is 0 Å². The molecule has 5 nitrogen and oxygen atoms in total. The molecule has 2 atom stereocenters. The molecule has 0 bridgehead atoms. The first-order chi connectivity index (χ1) is 11.8. The van der Waals surface area contributed by atoms with E-state index in [0.717, 1.165) is 18.5 Å². The molecule has 2 fully saturated rings. The van der Waals surface area contributed by atoms with Gasteiger partial charge in [0.2, 0.25) is 0 Å². The van der Waals surface area contributed by atoms with E-state index in [4.69, 9.17) is 4.74 Å². The Morgan fingerprint density at radius 2 is 2.12 bits per heavy atom. The van der Waals surface area contributed by atoms with E-state index in [-0.39, 0.29) is 29.9 Å². The third-order valence-electron chi connectivity index (χ3n) is 5.28. The van der Waals surface area contributed by atoms with Crippen LogP contribution in [0.4, 0.5) is 10.1 Å². The number of amides is 1. The van der Waals surface area contributed by atoms with Crippen LogP contribution in [0, 0.1) is 11.7 Å². The molecule has 1 aromatic carbocycles. The average Bonchev–Trinajstić information content (AvgIpc) is 2.81. The number of piperidine rings is 1. The predicted molar refractivity (Wildman–Crippen MR) is 92.7 cm³/mol. The van der Waals surface area contributed by atoms with Crippen molar-refractivity contribution in [2.45, 2.75) is 45.2 Å². The molecule has 2 saturated heterocycles. The van der Waals surface area contributed by atoms with Crippen molar-refractivity contribution in [3.05, 3.63) is 30.1 Å². The van der Waals surface area contributed by atoms with Crippen LogP contribution in [0.25, 0.3) is 0 Å². The Balaban J connectivity index is 1.74. The first-order valence-corrected chi connectivity index (χ1v) is 8.74. The molecule has 136 valence electrons. The van der Waals surface area contributed by atoms with Gasteiger partial charge in [0.15, 0.2) is 6.61 Å². The van der Waals surface area contributed by atoms with Crippen LogP contribution >= 0.6 is 0 Å². The molecule has 1 aromatic rings. The monoisotopic (exact) mass is 348 g/mol. The van der Waals surface area contributed by atoms with Gasteiger partial charge >= 0.3 is 5.97 Å². The van der Waals surface area contributed by atoms with Crippen molar-refractivity contribution in [3.63, 3.8) is 0 Å². The molecule has 25 heavy (non-hydrogen) atoms. The van der Waals surface area contributed by atoms with Crippen LogP contribution in [0.1, 0.15) is 33.6 Å². The highest BCUT2D eigenvalue weighted by Gasteiger charge is 2.48. The summed E-state index contributed by atoms with van der Waals surface area (Å²) in [6, 6.07) is 7.02. The molecule has 3 rings (SSSR count). The van der Waals surface area contributed by atoms with E-state index in [2.05, 4.69) is 18.7 Å². The van der Waals surface area contributed by atoms with Gasteiger partial charge in [-0.25, -0.2) is 4.39 Å². The highest BCUT2D eigenvalue weighted by Crippen LogP contribution is 2.44. The Labute approximate surface area is 147 Å². The number of hydrogen-bond acceptors (Lipinski definition) is 4. The zero-order chi connectivity index (χ0) is 18.2. The van der Waals surface area contributed by atoms with Crippen LogP contribution in [0.5, 0.6) is 0 Å². The second kappa shape index (κ2) is 6.65. The third-order valence-corrected chi connectivity index (χ3v) is 5.28. The number of ether oxygens (including phenoxy) is 1. The molecule has 6 heteroatoms. The lowest BCUT2D eigenvalue weighted by atomic mass is 9.90. The lowest BCUT2D eigenvalue weighted by Gasteiger charge is -2.41. The van der Waals surface area contributed by atoms with Crippen LogP contribution < -0.4 is 4.90 Å². The zero-order valence-corrected chi connectivity index (χ0v) is 15.0. The second-order valence-electron chi connectivity index (χ2n) is 7.60. The molecule has 0 unspecified atom stereocenters. The number of carbonyl (C=O) groups is 2. The van der Waals surface area contributed by atoms with Gasteiger partial charge in [0, 0.05) is 37.3 Å². The first-order valence-electron chi connectivity index (χ1n) is 8.74. The first kappa shape index (κ1) is 17.7. The molecule has 2 heterocycles. The van der Waals surface area contributed by atoms with Crippen molar-refractivity contribution < 1.29 is 18.7 Å². The second-order valence-corrected chi connectivity index (χ2v) is 7.60. The van der Waals surface area contributed by atoms with Gasteiger partial charge < -0.3 is 14.5 Å². The van der Waals surface area contributed by atoms with E-state index in [9.17, 15) is 14.0 Å². The molecule has 0 spiro atoms. The van der Waals surface area contributed by atoms with E-state index >= 15 is 0 Å². The van der Waals surface area contributed by atoms with E-state index in [1.807, 2.05) is 6.07 Å². The molecular formula is C19H25FN2O3. The fraction of sp³-hybridized carbons (Fsp3) is 0.579. The van der Waals surface area contributed by atoms with Gasteiger partial charge in [-0.3, -0.25) is 9.59 Å². The van der Waals surface area contributed by atoms with Crippen molar-refractivity contribution in [2.24, 2.45) is 5.92 Å². The summed E-state index contributed by atoms with van der Waals surface area (Å²) in [6.07, 6.45) is 1.77. The number of halogens is 1. The van der Waals surface area contributed by atoms with Gasteiger partial charge in [0.1, 0.15) is 5.82 Å². The van der Waals surface area contributed by atoms with Gasteiger partial charge in [0.05, 0.1) is 0 Å². The number of anilines is 1. The molecule has 1 amide bonds. The maximum Gasteiger partial charge on any atom is 0.303 e. The molecule has 0 aliphatic carbocycles. The number of benzene rings is 1. The Morgan fingerprint density at radius 1 is 1.36 bits per heavy atom. The van der Waals surface area contributed by atoms with Gasteiger partial charge in [-0.2, -0.15) is 0 Å². The highest BCUT2D eigenvalue weighted by atomic mass is 19.1. The van der Waals surface area contributed by atoms with E-state index in [1.54, 1.807) is 17.0 Å². The molecule has 0 saturated carbocycles. The highest BCUT2D eigenvalue weighted by molar-refractivity contribution is 5.80. The van der Waals surface area contributed by atoms with E-state index < -0.39 is 5.97 Å². The Kier molecular flexibility index (Phi) is 4.71. The maximum atomic E-state index is 13.7. The number of carbonyl (C=O) groups excluding carboxylic acids is 2. The Hall–Kier alpha value is -2.11. The Morgan fingerprint density at radius 3 is 2.80 bits per heavy atom. The van der Waals surface area contributed by atoms with E-state index in [1.165, 1.54) is 13.0 Å². The Bertz CT molecular complexity index is 676. The van der Waals surface area contributed by atoms with Crippen molar-refractivity contribution >= 4 is 17.6 Å². The van der Waals surface area contributed by atoms with Crippen LogP contribution in [0.15, 0.2) is 24.3 Å². The fourth-order valence-electron chi connectivity index (χ4n) is 4.40. The number of esters is 1. The van der Waals surface area contributed by atoms with Crippen LogP contribution in [-0.4, -0.2) is 48.1 Å². The summed E-state index contributed by atoms with van der Waals surface area (Å²) in [5, 5.41) is 0. The topological polar surface area (TPSA) is 49.9 Å². The summed E-state index contributed by atoms with van der Waals surface area (Å²) in [5.41, 5.74) is 0.801. The standard InChI is InChI=1S/C19H25FN2O3/c1-13(23)25-12-18(24)21-8-7-17-14(11-21)10-19(2,3)22(17)16-6-4-5-15(20)9-16/h4-6,9,14,17H,7-8,10-12H2,1-3H3/t14-,17+/m1/s1. The normalized spacial score (nSPS) is 24.8. The van der Waals surface area contributed by atoms with Crippen LogP contribution in [0.3, 0.4) is 0 Å². The summed E-state index contributed by atoms with van der Waals surface area (Å²) >= 11 is 0. The van der Waals surface area contributed by atoms with Crippen LogP contribution in [-0.2, 0) is 14.3 Å². The summed E-state index contributed by atoms with van der Waals surface area (Å²) < 4.78 is 18.5. The smallest absolute Gasteiger partial charge is 0.303 e. The quantitative estimate of drug-likeness (QED) is 0.788. The van der Waals surface area contributed by atoms with E-state index in [0.29, 0.717) is 19.0 Å². The lowest BCUT2D eigenvalue weighted by Crippen LogP contribution is -2.51. The van der Waals surface area contributed by atoms with Gasteiger partial charge in [-0.15, -0.1) is 0 Å². The predicted octanol–water partition coefficient (Wildman–Crippen LogP) is 2.59. The summed E-state index contributed by atoms with van der Waals surface area (Å²) in [5.74, 6) is -0.489.